The molecular weight excluding hydrogens is 210 g/mol. The van der Waals surface area contributed by atoms with Crippen molar-refractivity contribution in [2.24, 2.45) is 0 Å². The second kappa shape index (κ2) is 5.90. The van der Waals surface area contributed by atoms with Crippen LogP contribution in [0.4, 0.5) is 5.95 Å². The maximum absolute atomic E-state index is 10.9. The van der Waals surface area contributed by atoms with E-state index in [0.29, 0.717) is 6.04 Å². The predicted molar refractivity (Wildman–Crippen MR) is 64.5 cm³/mol. The second-order valence-corrected chi connectivity index (χ2v) is 5.20. The second-order valence-electron chi connectivity index (χ2n) is 3.65. The summed E-state index contributed by atoms with van der Waals surface area (Å²) in [4.78, 5) is 4.23. The van der Waals surface area contributed by atoms with E-state index in [1.165, 1.54) is 0 Å². The molecule has 2 unspecified atom stereocenters. The van der Waals surface area contributed by atoms with Crippen molar-refractivity contribution in [2.75, 3.05) is 17.3 Å². The van der Waals surface area contributed by atoms with E-state index in [1.807, 2.05) is 6.20 Å². The van der Waals surface area contributed by atoms with E-state index in [4.69, 9.17) is 0 Å². The van der Waals surface area contributed by atoms with Gasteiger partial charge in [-0.3, -0.25) is 4.21 Å². The first-order valence-corrected chi connectivity index (χ1v) is 6.94. The van der Waals surface area contributed by atoms with Crippen molar-refractivity contribution >= 4 is 16.7 Å². The molecule has 15 heavy (non-hydrogen) atoms. The van der Waals surface area contributed by atoms with Crippen LogP contribution < -0.4 is 5.32 Å². The molecule has 0 bridgehead atoms. The van der Waals surface area contributed by atoms with Gasteiger partial charge in [-0.05, 0) is 20.3 Å². The number of nitrogens with zero attached hydrogens (tertiary/aromatic N) is 2. The number of anilines is 1. The molecule has 1 heterocycles. The molecule has 86 valence electrons. The summed E-state index contributed by atoms with van der Waals surface area (Å²) in [6.07, 6.45) is 6.38. The number of hydrogen-bond acceptors (Lipinski definition) is 3. The standard InChI is InChI=1S/C10H19N3OS/c1-4-13-7-6-11-10(13)12-9(2)5-8-15(3)14/h6-7,9H,4-5,8H2,1-3H3,(H,11,12). The lowest BCUT2D eigenvalue weighted by molar-refractivity contribution is 0.674. The molecule has 4 nitrogen and oxygen atoms in total. The van der Waals surface area contributed by atoms with E-state index < -0.39 is 10.8 Å². The molecule has 1 N–H and O–H groups in total. The minimum atomic E-state index is -0.709. The highest BCUT2D eigenvalue weighted by atomic mass is 32.2. The van der Waals surface area contributed by atoms with Crippen molar-refractivity contribution in [3.05, 3.63) is 12.4 Å². The maximum Gasteiger partial charge on any atom is 0.202 e. The third kappa shape index (κ3) is 4.03. The smallest absolute Gasteiger partial charge is 0.202 e. The molecular formula is C10H19N3OS. The number of aromatic nitrogens is 2. The lowest BCUT2D eigenvalue weighted by Crippen LogP contribution is -2.20. The Kier molecular flexibility index (Phi) is 4.81. The van der Waals surface area contributed by atoms with Gasteiger partial charge in [0.25, 0.3) is 0 Å². The van der Waals surface area contributed by atoms with E-state index in [2.05, 4.69) is 28.7 Å². The van der Waals surface area contributed by atoms with E-state index >= 15 is 0 Å². The minimum absolute atomic E-state index is 0.307. The molecule has 0 fully saturated rings. The van der Waals surface area contributed by atoms with Crippen molar-refractivity contribution in [2.45, 2.75) is 32.9 Å². The summed E-state index contributed by atoms with van der Waals surface area (Å²) in [6.45, 7) is 5.08. The van der Waals surface area contributed by atoms with E-state index in [9.17, 15) is 4.21 Å². The molecule has 2 atom stereocenters. The molecule has 0 saturated carbocycles. The molecule has 1 rings (SSSR count). The van der Waals surface area contributed by atoms with Crippen LogP contribution in [0.3, 0.4) is 0 Å². The fourth-order valence-electron chi connectivity index (χ4n) is 1.34. The number of nitrogens with one attached hydrogen (secondary N) is 1. The summed E-state index contributed by atoms with van der Waals surface area (Å²) in [7, 11) is -0.709. The van der Waals surface area contributed by atoms with Gasteiger partial charge < -0.3 is 9.88 Å². The highest BCUT2D eigenvalue weighted by Crippen LogP contribution is 2.07. The quantitative estimate of drug-likeness (QED) is 0.803. The fourth-order valence-corrected chi connectivity index (χ4v) is 2.03. The summed E-state index contributed by atoms with van der Waals surface area (Å²) < 4.78 is 13.0. The summed E-state index contributed by atoms with van der Waals surface area (Å²) in [5.41, 5.74) is 0. The average Bonchev–Trinajstić information content (AvgIpc) is 2.62. The first-order chi connectivity index (χ1) is 7.13. The summed E-state index contributed by atoms with van der Waals surface area (Å²) in [5, 5.41) is 3.31. The van der Waals surface area contributed by atoms with Gasteiger partial charge >= 0.3 is 0 Å². The highest BCUT2D eigenvalue weighted by Gasteiger charge is 2.06. The van der Waals surface area contributed by atoms with Crippen LogP contribution in [0.5, 0.6) is 0 Å². The zero-order valence-electron chi connectivity index (χ0n) is 9.56. The van der Waals surface area contributed by atoms with Crippen molar-refractivity contribution in [1.82, 2.24) is 9.55 Å². The number of imidazole rings is 1. The van der Waals surface area contributed by atoms with Crippen molar-refractivity contribution in [3.8, 4) is 0 Å². The Balaban J connectivity index is 2.43. The molecule has 1 aromatic rings. The molecule has 0 aliphatic carbocycles. The van der Waals surface area contributed by atoms with Gasteiger partial charge in [-0.15, -0.1) is 0 Å². The van der Waals surface area contributed by atoms with Gasteiger partial charge in [0.2, 0.25) is 5.95 Å². The maximum atomic E-state index is 10.9. The molecule has 0 aliphatic heterocycles. The Bertz CT molecular complexity index is 324. The van der Waals surface area contributed by atoms with Gasteiger partial charge in [0, 0.05) is 47.8 Å². The summed E-state index contributed by atoms with van der Waals surface area (Å²) in [5.74, 6) is 1.63. The number of aryl methyl sites for hydroxylation is 1. The monoisotopic (exact) mass is 229 g/mol. The van der Waals surface area contributed by atoms with Crippen LogP contribution in [0.2, 0.25) is 0 Å². The normalized spacial score (nSPS) is 14.9. The van der Waals surface area contributed by atoms with Crippen molar-refractivity contribution < 1.29 is 4.21 Å². The SMILES string of the molecule is CCn1ccnc1NC(C)CCS(C)=O. The largest absolute Gasteiger partial charge is 0.353 e. The van der Waals surface area contributed by atoms with Gasteiger partial charge in [0.1, 0.15) is 0 Å². The molecule has 0 aliphatic rings. The Hall–Kier alpha value is -0.840. The zero-order valence-corrected chi connectivity index (χ0v) is 10.4. The lowest BCUT2D eigenvalue weighted by Gasteiger charge is -2.14. The zero-order chi connectivity index (χ0) is 11.3. The van der Waals surface area contributed by atoms with Crippen molar-refractivity contribution in [3.63, 3.8) is 0 Å². The van der Waals surface area contributed by atoms with Crippen LogP contribution in [-0.2, 0) is 17.3 Å². The average molecular weight is 229 g/mol. The molecule has 0 aromatic carbocycles. The Morgan fingerprint density at radius 3 is 3.00 bits per heavy atom. The first kappa shape index (κ1) is 12.2. The first-order valence-electron chi connectivity index (χ1n) is 5.21. The number of hydrogen-bond donors (Lipinski definition) is 1. The van der Waals surface area contributed by atoms with Crippen LogP contribution in [0.1, 0.15) is 20.3 Å². The Labute approximate surface area is 93.5 Å². The van der Waals surface area contributed by atoms with Crippen LogP contribution in [0.25, 0.3) is 0 Å². The molecule has 1 aromatic heterocycles. The van der Waals surface area contributed by atoms with Gasteiger partial charge in [-0.25, -0.2) is 4.98 Å². The molecule has 0 spiro atoms. The third-order valence-corrected chi connectivity index (χ3v) is 3.08. The van der Waals surface area contributed by atoms with Crippen LogP contribution >= 0.6 is 0 Å². The minimum Gasteiger partial charge on any atom is -0.353 e. The van der Waals surface area contributed by atoms with Gasteiger partial charge in [-0.1, -0.05) is 0 Å². The fraction of sp³-hybridized carbons (Fsp3) is 0.700. The summed E-state index contributed by atoms with van der Waals surface area (Å²) >= 11 is 0. The van der Waals surface area contributed by atoms with Gasteiger partial charge in [-0.2, -0.15) is 0 Å². The topological polar surface area (TPSA) is 46.9 Å². The van der Waals surface area contributed by atoms with Gasteiger partial charge in [0.15, 0.2) is 0 Å². The molecule has 5 heteroatoms. The van der Waals surface area contributed by atoms with Crippen molar-refractivity contribution in [1.29, 1.82) is 0 Å². The van der Waals surface area contributed by atoms with Crippen LogP contribution in [0.15, 0.2) is 12.4 Å². The predicted octanol–water partition coefficient (Wildman–Crippen LogP) is 1.47. The van der Waals surface area contributed by atoms with E-state index in [1.54, 1.807) is 12.5 Å². The molecule has 0 radical (unpaired) electrons. The van der Waals surface area contributed by atoms with E-state index in [0.717, 1.165) is 24.7 Å². The summed E-state index contributed by atoms with van der Waals surface area (Å²) in [6, 6.07) is 0.307. The lowest BCUT2D eigenvalue weighted by atomic mass is 10.3. The van der Waals surface area contributed by atoms with E-state index in [-0.39, 0.29) is 0 Å². The highest BCUT2D eigenvalue weighted by molar-refractivity contribution is 7.84. The van der Waals surface area contributed by atoms with Gasteiger partial charge in [0.05, 0.1) is 0 Å². The third-order valence-electron chi connectivity index (χ3n) is 2.27. The van der Waals surface area contributed by atoms with Crippen LogP contribution in [-0.4, -0.2) is 31.8 Å². The Morgan fingerprint density at radius 1 is 1.67 bits per heavy atom. The van der Waals surface area contributed by atoms with Crippen LogP contribution in [0, 0.1) is 0 Å². The number of rotatable bonds is 6. The molecule has 0 amide bonds. The molecule has 0 saturated heterocycles. The Morgan fingerprint density at radius 2 is 2.40 bits per heavy atom.